The van der Waals surface area contributed by atoms with Gasteiger partial charge in [0.05, 0.1) is 0 Å². The molecule has 0 unspecified atom stereocenters. The molecule has 0 saturated heterocycles. The van der Waals surface area contributed by atoms with Crippen molar-refractivity contribution in [1.29, 1.82) is 0 Å². The van der Waals surface area contributed by atoms with Gasteiger partial charge in [-0.1, -0.05) is 28.1 Å². The molecular weight excluding hydrogens is 252 g/mol. The predicted molar refractivity (Wildman–Crippen MR) is 66.7 cm³/mol. The quantitative estimate of drug-likeness (QED) is 0.885. The fraction of sp³-hybridized carbons (Fsp3) is 0.500. The van der Waals surface area contributed by atoms with Crippen LogP contribution in [0.1, 0.15) is 31.4 Å². The molecule has 82 valence electrons. The van der Waals surface area contributed by atoms with Gasteiger partial charge in [0.25, 0.3) is 0 Å². The molecule has 1 aromatic carbocycles. The predicted octanol–water partition coefficient (Wildman–Crippen LogP) is 2.59. The van der Waals surface area contributed by atoms with Gasteiger partial charge in [0, 0.05) is 22.6 Å². The number of benzene rings is 1. The Morgan fingerprint density at radius 2 is 2.20 bits per heavy atom. The maximum absolute atomic E-state index is 5.76. The second-order valence-electron chi connectivity index (χ2n) is 4.37. The molecule has 0 radical (unpaired) electrons. The van der Waals surface area contributed by atoms with Crippen LogP contribution in [0, 0.1) is 0 Å². The lowest BCUT2D eigenvalue weighted by Gasteiger charge is -2.35. The molecule has 1 atom stereocenters. The summed E-state index contributed by atoms with van der Waals surface area (Å²) in [6, 6.07) is 9.86. The molecule has 2 nitrogen and oxygen atoms in total. The number of rotatable bonds is 3. The molecule has 0 spiro atoms. The molecule has 3 N–H and O–H groups in total. The van der Waals surface area contributed by atoms with E-state index in [2.05, 4.69) is 52.4 Å². The SMILES string of the molecule is C[C@H](NC1CC(N)C1)c1cccc(Br)c1. The first-order chi connectivity index (χ1) is 7.15. The van der Waals surface area contributed by atoms with Gasteiger partial charge < -0.3 is 11.1 Å². The van der Waals surface area contributed by atoms with Crippen LogP contribution in [0.2, 0.25) is 0 Å². The first kappa shape index (κ1) is 11.1. The van der Waals surface area contributed by atoms with Gasteiger partial charge in [0.1, 0.15) is 0 Å². The number of hydrogen-bond donors (Lipinski definition) is 2. The highest BCUT2D eigenvalue weighted by Crippen LogP contribution is 2.23. The van der Waals surface area contributed by atoms with E-state index in [0.29, 0.717) is 18.1 Å². The zero-order chi connectivity index (χ0) is 10.8. The molecule has 1 saturated carbocycles. The Hall–Kier alpha value is -0.380. The highest BCUT2D eigenvalue weighted by Gasteiger charge is 2.26. The standard InChI is InChI=1S/C12H17BrN2/c1-8(15-12-6-11(14)7-12)9-3-2-4-10(13)5-9/h2-5,8,11-12,15H,6-7,14H2,1H3/t8-,11?,12?/m0/s1. The number of hydrogen-bond acceptors (Lipinski definition) is 2. The third-order valence-corrected chi connectivity index (χ3v) is 3.50. The molecular formula is C12H17BrN2. The van der Waals surface area contributed by atoms with Gasteiger partial charge in [-0.3, -0.25) is 0 Å². The smallest absolute Gasteiger partial charge is 0.0294 e. The lowest BCUT2D eigenvalue weighted by atomic mass is 9.87. The third-order valence-electron chi connectivity index (χ3n) is 3.01. The first-order valence-electron chi connectivity index (χ1n) is 5.42. The summed E-state index contributed by atoms with van der Waals surface area (Å²) in [4.78, 5) is 0. The minimum Gasteiger partial charge on any atom is -0.328 e. The Bertz CT molecular complexity index is 334. The summed E-state index contributed by atoms with van der Waals surface area (Å²) in [6.07, 6.45) is 2.22. The van der Waals surface area contributed by atoms with Crippen molar-refractivity contribution in [2.24, 2.45) is 5.73 Å². The lowest BCUT2D eigenvalue weighted by Crippen LogP contribution is -2.49. The Balaban J connectivity index is 1.93. The van der Waals surface area contributed by atoms with Crippen LogP contribution < -0.4 is 11.1 Å². The van der Waals surface area contributed by atoms with Gasteiger partial charge >= 0.3 is 0 Å². The van der Waals surface area contributed by atoms with Crippen molar-refractivity contribution < 1.29 is 0 Å². The highest BCUT2D eigenvalue weighted by atomic mass is 79.9. The number of halogens is 1. The summed E-state index contributed by atoms with van der Waals surface area (Å²) in [7, 11) is 0. The zero-order valence-corrected chi connectivity index (χ0v) is 10.5. The first-order valence-corrected chi connectivity index (χ1v) is 6.21. The maximum atomic E-state index is 5.76. The Labute approximate surface area is 99.4 Å². The Morgan fingerprint density at radius 1 is 1.47 bits per heavy atom. The van der Waals surface area contributed by atoms with Crippen molar-refractivity contribution in [3.05, 3.63) is 34.3 Å². The van der Waals surface area contributed by atoms with E-state index in [1.165, 1.54) is 5.56 Å². The number of nitrogens with two attached hydrogens (primary N) is 1. The second kappa shape index (κ2) is 4.64. The minimum atomic E-state index is 0.403. The molecule has 0 bridgehead atoms. The van der Waals surface area contributed by atoms with Gasteiger partial charge in [-0.25, -0.2) is 0 Å². The van der Waals surface area contributed by atoms with Crippen LogP contribution in [0.3, 0.4) is 0 Å². The monoisotopic (exact) mass is 268 g/mol. The van der Waals surface area contributed by atoms with Crippen molar-refractivity contribution in [3.63, 3.8) is 0 Å². The van der Waals surface area contributed by atoms with E-state index in [-0.39, 0.29) is 0 Å². The van der Waals surface area contributed by atoms with Crippen molar-refractivity contribution in [3.8, 4) is 0 Å². The fourth-order valence-corrected chi connectivity index (χ4v) is 2.44. The van der Waals surface area contributed by atoms with E-state index in [4.69, 9.17) is 5.73 Å². The summed E-state index contributed by atoms with van der Waals surface area (Å²) in [5.74, 6) is 0. The Morgan fingerprint density at radius 3 is 2.80 bits per heavy atom. The van der Waals surface area contributed by atoms with Gasteiger partial charge in [-0.15, -0.1) is 0 Å². The molecule has 0 amide bonds. The molecule has 3 heteroatoms. The molecule has 1 aliphatic rings. The number of nitrogens with one attached hydrogen (secondary N) is 1. The summed E-state index contributed by atoms with van der Waals surface area (Å²) < 4.78 is 1.14. The molecule has 0 aromatic heterocycles. The van der Waals surface area contributed by atoms with Crippen molar-refractivity contribution >= 4 is 15.9 Å². The van der Waals surface area contributed by atoms with Crippen LogP contribution >= 0.6 is 15.9 Å². The normalized spacial score (nSPS) is 27.1. The van der Waals surface area contributed by atoms with E-state index >= 15 is 0 Å². The summed E-state index contributed by atoms with van der Waals surface area (Å²) in [5, 5.41) is 3.59. The van der Waals surface area contributed by atoms with Crippen LogP contribution in [-0.4, -0.2) is 12.1 Å². The highest BCUT2D eigenvalue weighted by molar-refractivity contribution is 9.10. The van der Waals surface area contributed by atoms with E-state index in [1.807, 2.05) is 0 Å². The van der Waals surface area contributed by atoms with Gasteiger partial charge in [-0.05, 0) is 37.5 Å². The van der Waals surface area contributed by atoms with E-state index in [1.54, 1.807) is 0 Å². The average molecular weight is 269 g/mol. The van der Waals surface area contributed by atoms with Crippen LogP contribution in [0.15, 0.2) is 28.7 Å². The van der Waals surface area contributed by atoms with E-state index in [9.17, 15) is 0 Å². The third kappa shape index (κ3) is 2.80. The fourth-order valence-electron chi connectivity index (χ4n) is 2.02. The summed E-state index contributed by atoms with van der Waals surface area (Å²) in [6.45, 7) is 2.20. The molecule has 1 aromatic rings. The topological polar surface area (TPSA) is 38.0 Å². The summed E-state index contributed by atoms with van der Waals surface area (Å²) >= 11 is 3.49. The molecule has 1 fully saturated rings. The average Bonchev–Trinajstić information content (AvgIpc) is 2.15. The molecule has 15 heavy (non-hydrogen) atoms. The second-order valence-corrected chi connectivity index (χ2v) is 5.29. The largest absolute Gasteiger partial charge is 0.328 e. The van der Waals surface area contributed by atoms with E-state index in [0.717, 1.165) is 17.3 Å². The minimum absolute atomic E-state index is 0.403. The van der Waals surface area contributed by atoms with Gasteiger partial charge in [-0.2, -0.15) is 0 Å². The zero-order valence-electron chi connectivity index (χ0n) is 8.91. The molecule has 1 aliphatic carbocycles. The van der Waals surface area contributed by atoms with Crippen molar-refractivity contribution in [2.75, 3.05) is 0 Å². The Kier molecular flexibility index (Phi) is 3.44. The van der Waals surface area contributed by atoms with Crippen molar-refractivity contribution in [2.45, 2.75) is 37.9 Å². The van der Waals surface area contributed by atoms with Crippen LogP contribution in [-0.2, 0) is 0 Å². The van der Waals surface area contributed by atoms with E-state index < -0.39 is 0 Å². The lowest BCUT2D eigenvalue weighted by molar-refractivity contribution is 0.272. The molecule has 2 rings (SSSR count). The van der Waals surface area contributed by atoms with Gasteiger partial charge in [0.15, 0.2) is 0 Å². The van der Waals surface area contributed by atoms with Crippen molar-refractivity contribution in [1.82, 2.24) is 5.32 Å². The van der Waals surface area contributed by atoms with Crippen LogP contribution in [0.4, 0.5) is 0 Å². The van der Waals surface area contributed by atoms with Crippen LogP contribution in [0.25, 0.3) is 0 Å². The van der Waals surface area contributed by atoms with Gasteiger partial charge in [0.2, 0.25) is 0 Å². The molecule has 0 aliphatic heterocycles. The summed E-state index contributed by atoms with van der Waals surface area (Å²) in [5.41, 5.74) is 7.08. The van der Waals surface area contributed by atoms with Crippen LogP contribution in [0.5, 0.6) is 0 Å². The maximum Gasteiger partial charge on any atom is 0.0294 e. The molecule has 0 heterocycles.